The largest absolute Gasteiger partial charge is 0.475 e. The van der Waals surface area contributed by atoms with Crippen LogP contribution < -0.4 is 19.9 Å². The highest BCUT2D eigenvalue weighted by atomic mass is 19.4. The average molecular weight is 531 g/mol. The molecule has 200 valence electrons. The molecule has 1 saturated heterocycles. The van der Waals surface area contributed by atoms with Crippen LogP contribution in [0.2, 0.25) is 0 Å². The molecule has 1 fully saturated rings. The molecular formula is C25H25F3N6O4. The van der Waals surface area contributed by atoms with Crippen molar-refractivity contribution in [1.29, 1.82) is 0 Å². The van der Waals surface area contributed by atoms with Gasteiger partial charge in [0.2, 0.25) is 5.88 Å². The molecule has 13 heteroatoms. The molecule has 2 aliphatic heterocycles. The number of hydrogen-bond acceptors (Lipinski definition) is 8. The lowest BCUT2D eigenvalue weighted by Crippen LogP contribution is -2.48. The van der Waals surface area contributed by atoms with Gasteiger partial charge >= 0.3 is 12.2 Å². The van der Waals surface area contributed by atoms with Gasteiger partial charge in [0.1, 0.15) is 18.4 Å². The van der Waals surface area contributed by atoms with E-state index >= 15 is 0 Å². The van der Waals surface area contributed by atoms with Crippen LogP contribution in [0.15, 0.2) is 42.6 Å². The molecule has 2 aromatic heterocycles. The van der Waals surface area contributed by atoms with E-state index in [1.165, 1.54) is 29.3 Å². The van der Waals surface area contributed by atoms with Crippen molar-refractivity contribution in [2.45, 2.75) is 31.7 Å². The summed E-state index contributed by atoms with van der Waals surface area (Å²) in [4.78, 5) is 30.3. The molecular weight excluding hydrogens is 505 g/mol. The van der Waals surface area contributed by atoms with Crippen molar-refractivity contribution in [3.05, 3.63) is 53.9 Å². The first-order valence-electron chi connectivity index (χ1n) is 11.9. The number of amides is 2. The van der Waals surface area contributed by atoms with E-state index in [1.54, 1.807) is 13.0 Å². The maximum Gasteiger partial charge on any atom is 0.416 e. The number of nitrogens with one attached hydrogen (secondary N) is 1. The SMILES string of the molecule is Cc1nc(-c2cccc(C(F)(F)F)c2)nc2c1N1CC[C@@H](C1)N2C(=O)Nc1ccnc(OCC(O)CO)c1. The van der Waals surface area contributed by atoms with Crippen LogP contribution >= 0.6 is 0 Å². The number of aryl methyl sites for hydroxylation is 1. The minimum Gasteiger partial charge on any atom is -0.475 e. The molecule has 5 rings (SSSR count). The number of nitrogens with zero attached hydrogens (tertiary/aromatic N) is 5. The van der Waals surface area contributed by atoms with Gasteiger partial charge < -0.3 is 25.2 Å². The molecule has 0 spiro atoms. The molecule has 3 aromatic rings. The van der Waals surface area contributed by atoms with Crippen LogP contribution in [0, 0.1) is 6.92 Å². The van der Waals surface area contributed by atoms with Crippen LogP contribution in [0.5, 0.6) is 5.88 Å². The fraction of sp³-hybridized carbons (Fsp3) is 0.360. The summed E-state index contributed by atoms with van der Waals surface area (Å²) in [5.74, 6) is 0.564. The summed E-state index contributed by atoms with van der Waals surface area (Å²) in [6, 6.07) is 7.17. The minimum atomic E-state index is -4.51. The molecule has 1 aromatic carbocycles. The number of halogens is 3. The van der Waals surface area contributed by atoms with Crippen LogP contribution in [0.3, 0.4) is 0 Å². The lowest BCUT2D eigenvalue weighted by atomic mass is 10.1. The number of urea groups is 1. The zero-order valence-electron chi connectivity index (χ0n) is 20.3. The molecule has 2 aliphatic rings. The first-order valence-corrected chi connectivity index (χ1v) is 11.9. The summed E-state index contributed by atoms with van der Waals surface area (Å²) in [6.07, 6.45) is -3.47. The van der Waals surface area contributed by atoms with Gasteiger partial charge in [-0.25, -0.2) is 19.7 Å². The molecule has 10 nitrogen and oxygen atoms in total. The summed E-state index contributed by atoms with van der Waals surface area (Å²) in [5.41, 5.74) is 0.989. The van der Waals surface area contributed by atoms with E-state index in [0.29, 0.717) is 42.4 Å². The number of aromatic nitrogens is 3. The van der Waals surface area contributed by atoms with Crippen molar-refractivity contribution in [1.82, 2.24) is 15.0 Å². The zero-order valence-corrected chi connectivity index (χ0v) is 20.3. The molecule has 38 heavy (non-hydrogen) atoms. The average Bonchev–Trinajstić information content (AvgIpc) is 3.29. The second-order valence-electron chi connectivity index (χ2n) is 9.10. The third-order valence-corrected chi connectivity index (χ3v) is 6.40. The van der Waals surface area contributed by atoms with Crippen molar-refractivity contribution in [3.8, 4) is 17.3 Å². The van der Waals surface area contributed by atoms with E-state index in [-0.39, 0.29) is 29.9 Å². The Bertz CT molecular complexity index is 1350. The number of pyridine rings is 1. The molecule has 0 radical (unpaired) electrons. The second-order valence-corrected chi connectivity index (χ2v) is 9.10. The Kier molecular flexibility index (Phi) is 6.80. The normalized spacial score (nSPS) is 17.3. The number of aliphatic hydroxyl groups is 2. The summed E-state index contributed by atoms with van der Waals surface area (Å²) >= 11 is 0. The Morgan fingerprint density at radius 1 is 1.26 bits per heavy atom. The van der Waals surface area contributed by atoms with E-state index < -0.39 is 30.5 Å². The molecule has 2 bridgehead atoms. The predicted molar refractivity (Wildman–Crippen MR) is 132 cm³/mol. The van der Waals surface area contributed by atoms with Gasteiger partial charge in [-0.2, -0.15) is 13.2 Å². The van der Waals surface area contributed by atoms with Gasteiger partial charge in [-0.3, -0.25) is 4.90 Å². The van der Waals surface area contributed by atoms with E-state index in [9.17, 15) is 23.1 Å². The molecule has 2 amide bonds. The number of alkyl halides is 3. The first-order chi connectivity index (χ1) is 18.1. The maximum absolute atomic E-state index is 13.5. The van der Waals surface area contributed by atoms with E-state index in [1.807, 2.05) is 0 Å². The van der Waals surface area contributed by atoms with Crippen molar-refractivity contribution in [2.75, 3.05) is 41.4 Å². The quantitative estimate of drug-likeness (QED) is 0.444. The standard InChI is InChI=1S/C25H25F3N6O4/c1-14-21-23(32-22(30-14)15-3-2-4-16(9-15)25(26,27)28)34(18-6-8-33(21)11-18)24(37)31-17-5-7-29-20(10-17)38-13-19(36)12-35/h2-5,7,9-10,18-19,35-36H,6,8,11-13H2,1H3,(H,29,31,37)/t18-,19?/m0/s1. The van der Waals surface area contributed by atoms with E-state index in [2.05, 4.69) is 25.2 Å². The molecule has 1 unspecified atom stereocenters. The summed E-state index contributed by atoms with van der Waals surface area (Å²) < 4.78 is 45.3. The fourth-order valence-corrected chi connectivity index (χ4v) is 4.63. The molecule has 3 N–H and O–H groups in total. The van der Waals surface area contributed by atoms with Crippen LogP contribution in [0.25, 0.3) is 11.4 Å². The zero-order chi connectivity index (χ0) is 27.0. The van der Waals surface area contributed by atoms with Gasteiger partial charge in [0.25, 0.3) is 0 Å². The molecule has 2 atom stereocenters. The second kappa shape index (κ2) is 10.1. The Morgan fingerprint density at radius 3 is 2.84 bits per heavy atom. The van der Waals surface area contributed by atoms with Crippen molar-refractivity contribution in [2.24, 2.45) is 0 Å². The topological polar surface area (TPSA) is 124 Å². The number of rotatable bonds is 6. The van der Waals surface area contributed by atoms with Crippen LogP contribution in [-0.2, 0) is 6.18 Å². The maximum atomic E-state index is 13.5. The number of anilines is 3. The predicted octanol–water partition coefficient (Wildman–Crippen LogP) is 3.23. The highest BCUT2D eigenvalue weighted by Crippen LogP contribution is 2.42. The van der Waals surface area contributed by atoms with Gasteiger partial charge in [0.15, 0.2) is 11.6 Å². The number of carbonyl (C=O) groups excluding carboxylic acids is 1. The van der Waals surface area contributed by atoms with E-state index in [4.69, 9.17) is 9.84 Å². The molecule has 0 aliphatic carbocycles. The fourth-order valence-electron chi connectivity index (χ4n) is 4.63. The van der Waals surface area contributed by atoms with E-state index in [0.717, 1.165) is 12.1 Å². The summed E-state index contributed by atoms with van der Waals surface area (Å²) in [7, 11) is 0. The Morgan fingerprint density at radius 2 is 2.08 bits per heavy atom. The number of benzene rings is 1. The van der Waals surface area contributed by atoms with Crippen molar-refractivity contribution >= 4 is 23.2 Å². The van der Waals surface area contributed by atoms with Crippen molar-refractivity contribution < 1.29 is 32.9 Å². The molecule has 0 saturated carbocycles. The molecule has 4 heterocycles. The van der Waals surface area contributed by atoms with Gasteiger partial charge in [-0.05, 0) is 31.5 Å². The monoisotopic (exact) mass is 530 g/mol. The van der Waals surface area contributed by atoms with Gasteiger partial charge in [-0.15, -0.1) is 0 Å². The number of carbonyl (C=O) groups is 1. The summed E-state index contributed by atoms with van der Waals surface area (Å²) in [6.45, 7) is 2.38. The van der Waals surface area contributed by atoms with Crippen LogP contribution in [0.1, 0.15) is 17.7 Å². The van der Waals surface area contributed by atoms with Gasteiger partial charge in [0, 0.05) is 36.6 Å². The first kappa shape index (κ1) is 25.7. The highest BCUT2D eigenvalue weighted by molar-refractivity contribution is 6.05. The smallest absolute Gasteiger partial charge is 0.416 e. The Hall–Kier alpha value is -3.97. The lowest BCUT2D eigenvalue weighted by molar-refractivity contribution is -0.137. The third-order valence-electron chi connectivity index (χ3n) is 6.40. The minimum absolute atomic E-state index is 0.0923. The highest BCUT2D eigenvalue weighted by Gasteiger charge is 2.42. The number of ether oxygens (including phenoxy) is 1. The van der Waals surface area contributed by atoms with Gasteiger partial charge in [-0.1, -0.05) is 12.1 Å². The lowest BCUT2D eigenvalue weighted by Gasteiger charge is -2.36. The Balaban J connectivity index is 1.46. The number of fused-ring (bicyclic) bond motifs is 4. The van der Waals surface area contributed by atoms with Crippen molar-refractivity contribution in [3.63, 3.8) is 0 Å². The number of aliphatic hydroxyl groups excluding tert-OH is 2. The van der Waals surface area contributed by atoms with Crippen LogP contribution in [0.4, 0.5) is 35.2 Å². The third kappa shape index (κ3) is 5.07. The van der Waals surface area contributed by atoms with Crippen LogP contribution in [-0.4, -0.2) is 69.6 Å². The Labute approximate surface area is 215 Å². The number of hydrogen-bond donors (Lipinski definition) is 3. The summed E-state index contributed by atoms with van der Waals surface area (Å²) in [5, 5.41) is 21.2. The van der Waals surface area contributed by atoms with Gasteiger partial charge in [0.05, 0.1) is 23.9 Å².